The van der Waals surface area contributed by atoms with E-state index in [1.54, 1.807) is 0 Å². The topological polar surface area (TPSA) is 58.1 Å². The number of guanidine groups is 1. The fraction of sp³-hybridized carbons (Fsp3) is 0.941. The zero-order valence-corrected chi connectivity index (χ0v) is 17.8. The molecule has 0 aromatic carbocycles. The van der Waals surface area contributed by atoms with Gasteiger partial charge in [0.05, 0.1) is 25.9 Å². The summed E-state index contributed by atoms with van der Waals surface area (Å²) in [5, 5.41) is 6.77. The van der Waals surface area contributed by atoms with Crippen molar-refractivity contribution in [2.24, 2.45) is 10.9 Å². The Morgan fingerprint density at radius 3 is 2.54 bits per heavy atom. The van der Waals surface area contributed by atoms with Crippen molar-refractivity contribution in [2.75, 3.05) is 52.5 Å². The molecule has 0 aromatic heterocycles. The lowest BCUT2D eigenvalue weighted by Crippen LogP contribution is -2.48. The highest BCUT2D eigenvalue weighted by Crippen LogP contribution is 2.13. The second-order valence-electron chi connectivity index (χ2n) is 6.70. The van der Waals surface area contributed by atoms with E-state index >= 15 is 0 Å². The summed E-state index contributed by atoms with van der Waals surface area (Å²) in [6, 6.07) is 0.470. The van der Waals surface area contributed by atoms with Crippen molar-refractivity contribution in [1.82, 2.24) is 15.5 Å². The van der Waals surface area contributed by atoms with Crippen LogP contribution in [0.3, 0.4) is 0 Å². The molecule has 6 nitrogen and oxygen atoms in total. The van der Waals surface area contributed by atoms with Gasteiger partial charge in [-0.15, -0.1) is 24.0 Å². The minimum absolute atomic E-state index is 0. The van der Waals surface area contributed by atoms with Crippen LogP contribution in [-0.2, 0) is 9.47 Å². The first-order valence-corrected chi connectivity index (χ1v) is 9.16. The van der Waals surface area contributed by atoms with Gasteiger partial charge >= 0.3 is 0 Å². The molecule has 2 rings (SSSR count). The Labute approximate surface area is 164 Å². The molecule has 7 heteroatoms. The molecular weight excluding hydrogens is 419 g/mol. The van der Waals surface area contributed by atoms with Crippen LogP contribution in [0.25, 0.3) is 0 Å². The molecule has 2 atom stereocenters. The standard InChI is InChI=1S/C17H34N4O2.HI/c1-4-18-17(19-12-15-6-5-9-23-15)20-13-16(14(2)3)21-7-10-22-11-8-21;/h14-16H,4-13H2,1-3H3,(H2,18,19,20);1H. The summed E-state index contributed by atoms with van der Waals surface area (Å²) in [6.45, 7) is 13.8. The summed E-state index contributed by atoms with van der Waals surface area (Å²) < 4.78 is 11.1. The van der Waals surface area contributed by atoms with E-state index in [2.05, 4.69) is 36.3 Å². The van der Waals surface area contributed by atoms with Crippen molar-refractivity contribution in [3.05, 3.63) is 0 Å². The van der Waals surface area contributed by atoms with E-state index in [1.165, 1.54) is 6.42 Å². The van der Waals surface area contributed by atoms with Crippen LogP contribution >= 0.6 is 24.0 Å². The molecule has 0 amide bonds. The summed E-state index contributed by atoms with van der Waals surface area (Å²) in [6.07, 6.45) is 2.65. The molecule has 2 aliphatic heterocycles. The number of rotatable bonds is 7. The summed E-state index contributed by atoms with van der Waals surface area (Å²) in [4.78, 5) is 7.34. The summed E-state index contributed by atoms with van der Waals surface area (Å²) in [5.41, 5.74) is 0. The van der Waals surface area contributed by atoms with Gasteiger partial charge in [0.25, 0.3) is 0 Å². The third kappa shape index (κ3) is 7.41. The van der Waals surface area contributed by atoms with Gasteiger partial charge in [-0.2, -0.15) is 0 Å². The Bertz CT molecular complexity index is 356. The minimum Gasteiger partial charge on any atom is -0.379 e. The van der Waals surface area contributed by atoms with Crippen LogP contribution < -0.4 is 10.6 Å². The van der Waals surface area contributed by atoms with Gasteiger partial charge in [-0.05, 0) is 25.7 Å². The van der Waals surface area contributed by atoms with Gasteiger partial charge in [0.15, 0.2) is 5.96 Å². The zero-order valence-electron chi connectivity index (χ0n) is 15.4. The first kappa shape index (κ1) is 21.9. The molecule has 2 saturated heterocycles. The van der Waals surface area contributed by atoms with Crippen LogP contribution in [0.4, 0.5) is 0 Å². The largest absolute Gasteiger partial charge is 0.379 e. The van der Waals surface area contributed by atoms with E-state index in [0.717, 1.165) is 64.9 Å². The number of aliphatic imine (C=N–C) groups is 1. The van der Waals surface area contributed by atoms with Gasteiger partial charge < -0.3 is 20.1 Å². The molecule has 0 aromatic rings. The molecule has 2 fully saturated rings. The molecule has 0 spiro atoms. The quantitative estimate of drug-likeness (QED) is 0.349. The van der Waals surface area contributed by atoms with Crippen LogP contribution in [0.5, 0.6) is 0 Å². The lowest BCUT2D eigenvalue weighted by molar-refractivity contribution is 0.00866. The average molecular weight is 454 g/mol. The Morgan fingerprint density at radius 2 is 1.96 bits per heavy atom. The van der Waals surface area contributed by atoms with Gasteiger partial charge in [0.2, 0.25) is 0 Å². The maximum Gasteiger partial charge on any atom is 0.191 e. The number of hydrogen-bond donors (Lipinski definition) is 2. The number of hydrogen-bond acceptors (Lipinski definition) is 4. The first-order chi connectivity index (χ1) is 11.2. The Hall–Kier alpha value is -0.120. The van der Waals surface area contributed by atoms with Gasteiger partial charge in [-0.1, -0.05) is 13.8 Å². The molecule has 2 aliphatic rings. The molecule has 0 saturated carbocycles. The van der Waals surface area contributed by atoms with Crippen molar-refractivity contribution >= 4 is 29.9 Å². The Balaban J connectivity index is 0.00000288. The fourth-order valence-corrected chi connectivity index (χ4v) is 3.20. The van der Waals surface area contributed by atoms with Crippen LogP contribution in [0.1, 0.15) is 33.6 Å². The zero-order chi connectivity index (χ0) is 16.5. The van der Waals surface area contributed by atoms with E-state index in [-0.39, 0.29) is 24.0 Å². The number of nitrogens with one attached hydrogen (secondary N) is 2. The second kappa shape index (κ2) is 12.3. The molecule has 142 valence electrons. The molecule has 0 radical (unpaired) electrons. The number of nitrogens with zero attached hydrogens (tertiary/aromatic N) is 2. The predicted octanol–water partition coefficient (Wildman–Crippen LogP) is 1.70. The third-order valence-electron chi connectivity index (χ3n) is 4.59. The molecule has 0 bridgehead atoms. The molecule has 2 N–H and O–H groups in total. The van der Waals surface area contributed by atoms with Crippen molar-refractivity contribution in [3.63, 3.8) is 0 Å². The molecule has 0 aliphatic carbocycles. The van der Waals surface area contributed by atoms with Gasteiger partial charge in [-0.25, -0.2) is 0 Å². The van der Waals surface area contributed by atoms with E-state index in [9.17, 15) is 0 Å². The molecule has 2 unspecified atom stereocenters. The summed E-state index contributed by atoms with van der Waals surface area (Å²) in [5.74, 6) is 1.49. The SMILES string of the molecule is CCNC(=NCC(C(C)C)N1CCOCC1)NCC1CCCO1.I. The van der Waals surface area contributed by atoms with Gasteiger partial charge in [-0.3, -0.25) is 9.89 Å². The Morgan fingerprint density at radius 1 is 1.21 bits per heavy atom. The molecular formula is C17H35IN4O2. The van der Waals surface area contributed by atoms with Gasteiger partial charge in [0, 0.05) is 38.8 Å². The maximum absolute atomic E-state index is 5.67. The van der Waals surface area contributed by atoms with Crippen molar-refractivity contribution < 1.29 is 9.47 Å². The predicted molar refractivity (Wildman–Crippen MR) is 109 cm³/mol. The number of morpholine rings is 1. The van der Waals surface area contributed by atoms with Crippen molar-refractivity contribution in [3.8, 4) is 0 Å². The monoisotopic (exact) mass is 454 g/mol. The van der Waals surface area contributed by atoms with E-state index in [4.69, 9.17) is 14.5 Å². The average Bonchev–Trinajstić information content (AvgIpc) is 3.07. The smallest absolute Gasteiger partial charge is 0.191 e. The highest BCUT2D eigenvalue weighted by atomic mass is 127. The second-order valence-corrected chi connectivity index (χ2v) is 6.70. The van der Waals surface area contributed by atoms with E-state index < -0.39 is 0 Å². The van der Waals surface area contributed by atoms with Crippen LogP contribution in [-0.4, -0.2) is 75.5 Å². The van der Waals surface area contributed by atoms with Gasteiger partial charge in [0.1, 0.15) is 0 Å². The maximum atomic E-state index is 5.67. The van der Waals surface area contributed by atoms with E-state index in [1.807, 2.05) is 0 Å². The highest BCUT2D eigenvalue weighted by molar-refractivity contribution is 14.0. The Kier molecular flexibility index (Phi) is 11.2. The lowest BCUT2D eigenvalue weighted by atomic mass is 10.0. The summed E-state index contributed by atoms with van der Waals surface area (Å²) in [7, 11) is 0. The highest BCUT2D eigenvalue weighted by Gasteiger charge is 2.23. The normalized spacial score (nSPS) is 23.8. The number of ether oxygens (including phenoxy) is 2. The van der Waals surface area contributed by atoms with Crippen molar-refractivity contribution in [1.29, 1.82) is 0 Å². The van der Waals surface area contributed by atoms with Crippen LogP contribution in [0, 0.1) is 5.92 Å². The van der Waals surface area contributed by atoms with Crippen molar-refractivity contribution in [2.45, 2.75) is 45.8 Å². The number of halogens is 1. The third-order valence-corrected chi connectivity index (χ3v) is 4.59. The fourth-order valence-electron chi connectivity index (χ4n) is 3.20. The minimum atomic E-state index is 0. The van der Waals surface area contributed by atoms with Crippen LogP contribution in [0.15, 0.2) is 4.99 Å². The summed E-state index contributed by atoms with van der Waals surface area (Å²) >= 11 is 0. The lowest BCUT2D eigenvalue weighted by Gasteiger charge is -2.36. The first-order valence-electron chi connectivity index (χ1n) is 9.16. The molecule has 2 heterocycles. The molecule has 24 heavy (non-hydrogen) atoms. The van der Waals surface area contributed by atoms with Crippen LogP contribution in [0.2, 0.25) is 0 Å². The van der Waals surface area contributed by atoms with E-state index in [0.29, 0.717) is 18.1 Å².